The Morgan fingerprint density at radius 2 is 1.44 bits per heavy atom. The number of carbonyl (C=O) groups is 2. The fraction of sp³-hybridized carbons (Fsp3) is 0.214. The molecule has 0 aliphatic carbocycles. The number of allylic oxidation sites excluding steroid dienone is 1. The number of nitrogens with zero attached hydrogens (tertiary/aromatic N) is 2. The Morgan fingerprint density at radius 3 is 2.00 bits per heavy atom. The number of fused-ring (bicyclic) bond motifs is 1. The number of ketones is 1. The summed E-state index contributed by atoms with van der Waals surface area (Å²) in [5.74, 6) is -0.511. The van der Waals surface area contributed by atoms with Crippen molar-refractivity contribution in [3.8, 4) is 23.0 Å². The van der Waals surface area contributed by atoms with Crippen molar-refractivity contribution in [1.29, 1.82) is 0 Å². The fourth-order valence-electron chi connectivity index (χ4n) is 4.28. The van der Waals surface area contributed by atoms with E-state index in [-0.39, 0.29) is 69.8 Å². The van der Waals surface area contributed by atoms with Crippen LogP contribution in [0.1, 0.15) is 27.0 Å². The topological polar surface area (TPSA) is 120 Å². The van der Waals surface area contributed by atoms with E-state index in [0.29, 0.717) is 28.1 Å². The van der Waals surface area contributed by atoms with Crippen molar-refractivity contribution < 1.29 is 63.2 Å². The van der Waals surface area contributed by atoms with Crippen molar-refractivity contribution in [2.24, 2.45) is 0 Å². The number of aryl methyl sites for hydroxylation is 1. The van der Waals surface area contributed by atoms with Crippen LogP contribution in [0.3, 0.4) is 0 Å². The third-order valence-electron chi connectivity index (χ3n) is 6.09. The van der Waals surface area contributed by atoms with Gasteiger partial charge in [0.25, 0.3) is 0 Å². The van der Waals surface area contributed by atoms with Crippen LogP contribution in [0.15, 0.2) is 54.1 Å². The first-order valence-corrected chi connectivity index (χ1v) is 12.2. The molecule has 0 aliphatic heterocycles. The van der Waals surface area contributed by atoms with E-state index < -0.39 is 11.8 Å². The van der Waals surface area contributed by atoms with Crippen molar-refractivity contribution >= 4 is 40.1 Å². The number of hydrogen-bond acceptors (Lipinski definition) is 10. The first kappa shape index (κ1) is 30.1. The fourth-order valence-corrected chi connectivity index (χ4v) is 4.79. The first-order chi connectivity index (χ1) is 18.3. The van der Waals surface area contributed by atoms with Crippen molar-refractivity contribution in [3.63, 3.8) is 0 Å². The maximum atomic E-state index is 14.1. The molecule has 39 heavy (non-hydrogen) atoms. The van der Waals surface area contributed by atoms with E-state index in [2.05, 4.69) is 8.75 Å². The normalized spacial score (nSPS) is 11.3. The summed E-state index contributed by atoms with van der Waals surface area (Å²) >= 11 is 1.02. The summed E-state index contributed by atoms with van der Waals surface area (Å²) in [6, 6.07) is 13.2. The number of aromatic nitrogens is 2. The summed E-state index contributed by atoms with van der Waals surface area (Å²) in [6.45, 7) is 1.87. The Morgan fingerprint density at radius 1 is 0.795 bits per heavy atom. The van der Waals surface area contributed by atoms with Crippen LogP contribution < -0.4 is 53.6 Å². The molecule has 0 fully saturated rings. The molecule has 11 heteroatoms. The molecule has 196 valence electrons. The number of benzene rings is 3. The predicted molar refractivity (Wildman–Crippen MR) is 141 cm³/mol. The Labute approximate surface area is 252 Å². The summed E-state index contributed by atoms with van der Waals surface area (Å²) in [5, 5.41) is 12.6. The van der Waals surface area contributed by atoms with Gasteiger partial charge < -0.3 is 28.8 Å². The van der Waals surface area contributed by atoms with Gasteiger partial charge in [0.15, 0.2) is 17.3 Å². The van der Waals surface area contributed by atoms with Crippen LogP contribution in [-0.4, -0.2) is 48.9 Å². The Hall–Kier alpha value is -3.44. The summed E-state index contributed by atoms with van der Waals surface area (Å²) in [4.78, 5) is 26.7. The van der Waals surface area contributed by atoms with E-state index >= 15 is 0 Å². The smallest absolute Gasteiger partial charge is 0.545 e. The molecule has 0 saturated carbocycles. The van der Waals surface area contributed by atoms with Crippen LogP contribution in [0.25, 0.3) is 16.6 Å². The number of ether oxygens (including phenoxy) is 4. The van der Waals surface area contributed by atoms with Gasteiger partial charge in [-0.3, -0.25) is 4.79 Å². The number of carbonyl (C=O) groups excluding carboxylic acids is 2. The van der Waals surface area contributed by atoms with Gasteiger partial charge in [0.1, 0.15) is 16.8 Å². The van der Waals surface area contributed by atoms with Gasteiger partial charge in [-0.15, -0.1) is 0 Å². The van der Waals surface area contributed by atoms with E-state index in [1.807, 2.05) is 13.0 Å². The summed E-state index contributed by atoms with van der Waals surface area (Å²) < 4.78 is 29.9. The maximum Gasteiger partial charge on any atom is 1.00 e. The van der Waals surface area contributed by atoms with Gasteiger partial charge in [-0.2, -0.15) is 8.75 Å². The molecule has 3 aromatic carbocycles. The van der Waals surface area contributed by atoms with Gasteiger partial charge in [-0.05, 0) is 53.9 Å². The monoisotopic (exact) mass is 556 g/mol. The Kier molecular flexibility index (Phi) is 10.1. The van der Waals surface area contributed by atoms with Crippen LogP contribution in [0.5, 0.6) is 23.0 Å². The molecule has 0 saturated heterocycles. The quantitative estimate of drug-likeness (QED) is 0.158. The van der Waals surface area contributed by atoms with Crippen LogP contribution in [0, 0.1) is 6.92 Å². The SMILES string of the molecule is COc1ccc(CC(C(=O)c2cc(OC)c(OC)c(OC)c2)=C(C(=O)[O-])c2ccc3nsnc3c2)cc1C.[Na+]. The largest absolute Gasteiger partial charge is 1.00 e. The Balaban J connectivity index is 0.00000420. The third-order valence-corrected chi connectivity index (χ3v) is 6.65. The van der Waals surface area contributed by atoms with Crippen molar-refractivity contribution in [2.45, 2.75) is 13.3 Å². The summed E-state index contributed by atoms with van der Waals surface area (Å²) in [6.07, 6.45) is 0.0109. The number of hydrogen-bond donors (Lipinski definition) is 0. The molecule has 1 aromatic heterocycles. The molecule has 0 N–H and O–H groups in total. The molecule has 4 aromatic rings. The average Bonchev–Trinajstić information content (AvgIpc) is 3.39. The molecule has 4 rings (SSSR count). The van der Waals surface area contributed by atoms with Gasteiger partial charge >= 0.3 is 29.6 Å². The molecule has 0 unspecified atom stereocenters. The van der Waals surface area contributed by atoms with Crippen LogP contribution in [0.2, 0.25) is 0 Å². The molecule has 0 radical (unpaired) electrons. The van der Waals surface area contributed by atoms with Gasteiger partial charge in [-0.25, -0.2) is 0 Å². The van der Waals surface area contributed by atoms with E-state index in [1.54, 1.807) is 37.4 Å². The van der Waals surface area contributed by atoms with Crippen LogP contribution in [-0.2, 0) is 11.2 Å². The van der Waals surface area contributed by atoms with E-state index in [0.717, 1.165) is 17.3 Å². The number of aliphatic carboxylic acids is 1. The van der Waals surface area contributed by atoms with Crippen molar-refractivity contribution in [2.75, 3.05) is 28.4 Å². The molecule has 0 bridgehead atoms. The zero-order valence-electron chi connectivity index (χ0n) is 22.5. The minimum Gasteiger partial charge on any atom is -0.545 e. The summed E-state index contributed by atoms with van der Waals surface area (Å²) in [5.41, 5.74) is 2.93. The van der Waals surface area contributed by atoms with Crippen LogP contribution >= 0.6 is 11.7 Å². The second-order valence-corrected chi connectivity index (χ2v) is 8.86. The minimum absolute atomic E-state index is 0. The van der Waals surface area contributed by atoms with Gasteiger partial charge in [0.05, 0.1) is 46.1 Å². The third kappa shape index (κ3) is 6.25. The predicted octanol–water partition coefficient (Wildman–Crippen LogP) is 0.667. The van der Waals surface area contributed by atoms with Gasteiger partial charge in [0.2, 0.25) is 5.75 Å². The van der Waals surface area contributed by atoms with E-state index in [1.165, 1.54) is 33.5 Å². The molecule has 0 atom stereocenters. The Bertz CT molecular complexity index is 1540. The van der Waals surface area contributed by atoms with Gasteiger partial charge in [-0.1, -0.05) is 18.2 Å². The number of rotatable bonds is 10. The second kappa shape index (κ2) is 13.1. The van der Waals surface area contributed by atoms with Gasteiger partial charge in [0, 0.05) is 23.1 Å². The van der Waals surface area contributed by atoms with Crippen molar-refractivity contribution in [3.05, 3.63) is 76.4 Å². The molecule has 1 heterocycles. The van der Waals surface area contributed by atoms with E-state index in [4.69, 9.17) is 18.9 Å². The standard InChI is InChI=1S/C28H26N2O7S.Na/c1-15-10-16(6-9-22(15)34-2)11-19(25(28(32)33)17-7-8-20-21(12-17)30-38-29-20)26(31)18-13-23(35-3)27(37-5)24(14-18)36-4;/h6-10,12-14H,11H2,1-5H3,(H,32,33);/q;+1/p-1. The van der Waals surface area contributed by atoms with Crippen LogP contribution in [0.4, 0.5) is 0 Å². The number of Topliss-reactive ketones (excluding diaryl/α,β-unsaturated/α-hetero) is 1. The molecule has 0 spiro atoms. The zero-order valence-corrected chi connectivity index (χ0v) is 25.3. The van der Waals surface area contributed by atoms with Crippen molar-refractivity contribution in [1.82, 2.24) is 8.75 Å². The molecule has 0 amide bonds. The molecular formula is C28H25N2NaO7S. The zero-order chi connectivity index (χ0) is 27.4. The maximum absolute atomic E-state index is 14.1. The molecular weight excluding hydrogens is 531 g/mol. The average molecular weight is 557 g/mol. The summed E-state index contributed by atoms with van der Waals surface area (Å²) in [7, 11) is 5.90. The van der Waals surface area contributed by atoms with E-state index in [9.17, 15) is 14.7 Å². The molecule has 0 aliphatic rings. The number of carboxylic acid groups (broad SMARTS) is 1. The second-order valence-electron chi connectivity index (χ2n) is 8.33. The first-order valence-electron chi connectivity index (χ1n) is 11.5. The minimum atomic E-state index is -1.49. The number of carboxylic acids is 1. The number of methoxy groups -OCH3 is 4. The molecule has 9 nitrogen and oxygen atoms in total.